The molecule has 0 aliphatic heterocycles. The van der Waals surface area contributed by atoms with Crippen molar-refractivity contribution in [1.29, 1.82) is 0 Å². The molecule has 0 aromatic rings. The molecule has 3 aliphatic carbocycles. The summed E-state index contributed by atoms with van der Waals surface area (Å²) < 4.78 is 14.1. The quantitative estimate of drug-likeness (QED) is 0.516. The third kappa shape index (κ3) is 0.290. The van der Waals surface area contributed by atoms with Crippen molar-refractivity contribution in [3.05, 3.63) is 0 Å². The van der Waals surface area contributed by atoms with Crippen LogP contribution in [0.15, 0.2) is 0 Å². The molecule has 0 unspecified atom stereocenters. The van der Waals surface area contributed by atoms with Crippen molar-refractivity contribution in [1.82, 2.24) is 0 Å². The highest BCUT2D eigenvalue weighted by atomic mass is 16.3. The van der Waals surface area contributed by atoms with Crippen LogP contribution in [0.5, 0.6) is 0 Å². The van der Waals surface area contributed by atoms with E-state index in [0.29, 0.717) is 0 Å². The molecule has 0 aromatic carbocycles. The molecule has 2 bridgehead atoms. The van der Waals surface area contributed by atoms with Gasteiger partial charge in [-0.2, -0.15) is 0 Å². The first-order chi connectivity index (χ1) is 4.04. The van der Waals surface area contributed by atoms with Crippen LogP contribution in [0, 0.1) is 11.3 Å². The minimum absolute atomic E-state index is 0.308. The van der Waals surface area contributed by atoms with Gasteiger partial charge in [0.2, 0.25) is 0 Å². The molecule has 40 valence electrons. The van der Waals surface area contributed by atoms with Gasteiger partial charge in [0, 0.05) is 6.56 Å². The Morgan fingerprint density at radius 1 is 1.71 bits per heavy atom. The van der Waals surface area contributed by atoms with Gasteiger partial charge in [-0.25, -0.2) is 0 Å². The summed E-state index contributed by atoms with van der Waals surface area (Å²) >= 11 is 0. The van der Waals surface area contributed by atoms with E-state index in [1.807, 2.05) is 0 Å². The summed E-state index contributed by atoms with van der Waals surface area (Å²) in [6.45, 7) is -1.90. The van der Waals surface area contributed by atoms with Crippen molar-refractivity contribution in [3.63, 3.8) is 0 Å². The van der Waals surface area contributed by atoms with Gasteiger partial charge < -0.3 is 5.11 Å². The average molecular weight is 100 g/mol. The Morgan fingerprint density at radius 2 is 2.29 bits per heavy atom. The third-order valence-electron chi connectivity index (χ3n) is 2.28. The van der Waals surface area contributed by atoms with E-state index >= 15 is 0 Å². The lowest BCUT2D eigenvalue weighted by atomic mass is 9.45. The van der Waals surface area contributed by atoms with Gasteiger partial charge in [0.15, 0.2) is 0 Å². The molecule has 3 rings (SSSR count). The fraction of sp³-hybridized carbons (Fsp3) is 1.00. The third-order valence-corrected chi connectivity index (χ3v) is 2.28. The number of hydrogen-bond acceptors (Lipinski definition) is 1. The van der Waals surface area contributed by atoms with Crippen LogP contribution in [-0.2, 0) is 0 Å². The maximum Gasteiger partial charge on any atom is 0.0570 e. The lowest BCUT2D eigenvalue weighted by Crippen LogP contribution is -2.53. The molecule has 7 heavy (non-hydrogen) atoms. The second kappa shape index (κ2) is 0.873. The maximum absolute atomic E-state index is 8.97. The number of hydrogen-bond donors (Lipinski definition) is 1. The van der Waals surface area contributed by atoms with Gasteiger partial charge in [0.05, 0.1) is 2.74 Å². The van der Waals surface area contributed by atoms with Crippen LogP contribution in [-0.4, -0.2) is 11.7 Å². The van der Waals surface area contributed by atoms with E-state index in [9.17, 15) is 0 Å². The van der Waals surface area contributed by atoms with E-state index in [0.717, 1.165) is 25.2 Å². The van der Waals surface area contributed by atoms with Crippen molar-refractivity contribution < 1.29 is 7.85 Å². The maximum atomic E-state index is 8.97. The van der Waals surface area contributed by atoms with Crippen LogP contribution in [0.4, 0.5) is 0 Å². The molecule has 3 fully saturated rings. The van der Waals surface area contributed by atoms with E-state index in [1.54, 1.807) is 0 Å². The zero-order valence-electron chi connectivity index (χ0n) is 6.15. The molecular weight excluding hydrogens is 88.1 g/mol. The smallest absolute Gasteiger partial charge is 0.0570 e. The SMILES string of the molecule is [2H]C([2H])(O)C12CC(C1)C2. The lowest BCUT2D eigenvalue weighted by molar-refractivity contribution is -0.138. The van der Waals surface area contributed by atoms with Crippen LogP contribution in [0.1, 0.15) is 22.0 Å². The summed E-state index contributed by atoms with van der Waals surface area (Å²) in [5.41, 5.74) is -0.308. The van der Waals surface area contributed by atoms with E-state index in [4.69, 9.17) is 7.85 Å². The monoisotopic (exact) mass is 100 g/mol. The molecule has 1 heteroatoms. The summed E-state index contributed by atoms with van der Waals surface area (Å²) in [6, 6.07) is 0. The van der Waals surface area contributed by atoms with Gasteiger partial charge in [-0.3, -0.25) is 0 Å². The largest absolute Gasteiger partial charge is 0.396 e. The predicted octanol–water partition coefficient (Wildman–Crippen LogP) is 0.779. The first-order valence-corrected chi connectivity index (χ1v) is 2.76. The summed E-state index contributed by atoms with van der Waals surface area (Å²) in [7, 11) is 0. The fourth-order valence-electron chi connectivity index (χ4n) is 1.62. The van der Waals surface area contributed by atoms with Crippen LogP contribution in [0.25, 0.3) is 0 Å². The highest BCUT2D eigenvalue weighted by Crippen LogP contribution is 2.63. The minimum atomic E-state index is -1.90. The molecule has 0 heterocycles. The van der Waals surface area contributed by atoms with Crippen molar-refractivity contribution >= 4 is 0 Å². The van der Waals surface area contributed by atoms with Gasteiger partial charge >= 0.3 is 0 Å². The van der Waals surface area contributed by atoms with E-state index < -0.39 is 6.56 Å². The highest BCUT2D eigenvalue weighted by molar-refractivity contribution is 5.06. The Bertz CT molecular complexity index is 133. The molecule has 0 spiro atoms. The summed E-state index contributed by atoms with van der Waals surface area (Å²) in [4.78, 5) is 0. The van der Waals surface area contributed by atoms with Crippen molar-refractivity contribution in [3.8, 4) is 0 Å². The van der Waals surface area contributed by atoms with Crippen molar-refractivity contribution in [2.45, 2.75) is 19.3 Å². The molecule has 0 atom stereocenters. The van der Waals surface area contributed by atoms with Crippen LogP contribution >= 0.6 is 0 Å². The summed E-state index contributed by atoms with van der Waals surface area (Å²) in [5.74, 6) is 0.743. The van der Waals surface area contributed by atoms with E-state index in [-0.39, 0.29) is 5.41 Å². The van der Waals surface area contributed by atoms with Crippen LogP contribution < -0.4 is 0 Å². The Labute approximate surface area is 46.2 Å². The van der Waals surface area contributed by atoms with Crippen molar-refractivity contribution in [2.75, 3.05) is 6.56 Å². The van der Waals surface area contributed by atoms with Crippen LogP contribution in [0.3, 0.4) is 0 Å². The van der Waals surface area contributed by atoms with Crippen molar-refractivity contribution in [2.24, 2.45) is 11.3 Å². The standard InChI is InChI=1S/C6H10O/c7-4-6-1-5(2-6)3-6/h5,7H,1-4H2/i4D2. The second-order valence-corrected chi connectivity index (χ2v) is 2.87. The molecule has 1 N–H and O–H groups in total. The summed E-state index contributed by atoms with van der Waals surface area (Å²) in [5, 5.41) is 8.97. The molecule has 0 aromatic heterocycles. The highest BCUT2D eigenvalue weighted by Gasteiger charge is 2.55. The molecule has 0 saturated heterocycles. The van der Waals surface area contributed by atoms with E-state index in [2.05, 4.69) is 0 Å². The second-order valence-electron chi connectivity index (χ2n) is 2.87. The molecule has 1 nitrogen and oxygen atoms in total. The summed E-state index contributed by atoms with van der Waals surface area (Å²) in [6.07, 6.45) is 2.74. The van der Waals surface area contributed by atoms with Gasteiger partial charge in [-0.05, 0) is 30.6 Å². The topological polar surface area (TPSA) is 20.2 Å². The van der Waals surface area contributed by atoms with Gasteiger partial charge in [0.25, 0.3) is 0 Å². The average Bonchev–Trinajstić information content (AvgIpc) is 1.08. The zero-order chi connectivity index (χ0) is 6.70. The molecule has 3 aliphatic rings. The lowest BCUT2D eigenvalue weighted by Gasteiger charge is -2.61. The van der Waals surface area contributed by atoms with Gasteiger partial charge in [-0.1, -0.05) is 0 Å². The fourth-order valence-corrected chi connectivity index (χ4v) is 1.62. The normalized spacial score (nSPS) is 61.6. The number of rotatable bonds is 1. The van der Waals surface area contributed by atoms with Crippen LogP contribution in [0.2, 0.25) is 0 Å². The van der Waals surface area contributed by atoms with Gasteiger partial charge in [-0.15, -0.1) is 0 Å². The molecule has 0 radical (unpaired) electrons. The first kappa shape index (κ1) is 2.49. The minimum Gasteiger partial charge on any atom is -0.396 e. The Morgan fingerprint density at radius 3 is 2.29 bits per heavy atom. The molecular formula is C6H10O. The molecule has 3 saturated carbocycles. The number of aliphatic hydroxyl groups is 1. The Kier molecular flexibility index (Phi) is 0.311. The predicted molar refractivity (Wildman–Crippen MR) is 26.9 cm³/mol. The Hall–Kier alpha value is -0.0400. The molecule has 0 amide bonds. The first-order valence-electron chi connectivity index (χ1n) is 3.76. The van der Waals surface area contributed by atoms with Gasteiger partial charge in [0.1, 0.15) is 0 Å². The zero-order valence-corrected chi connectivity index (χ0v) is 4.15. The van der Waals surface area contributed by atoms with E-state index in [1.165, 1.54) is 0 Å². The Balaban J connectivity index is 2.13.